The standard InChI is InChI=1S/C28H34ClFN2O4S/c1-2-21(30)9-4-5-10-22-11-7-15-32(22)28(36)26(34)25(33)27(35)31-14-13-23-17-19(18-37-23)16-20-8-3-6-12-24(20)29/h2-6,8,12,17-18,22,25-26,33-34H,7,9-11,13-16H2,1H3,(H,31,35)/b5-4-,21-2+/t22?,25-,26-/m1/s1. The Morgan fingerprint density at radius 1 is 1.27 bits per heavy atom. The molecule has 3 atom stereocenters. The molecule has 1 aliphatic rings. The van der Waals surface area contributed by atoms with E-state index in [0.717, 1.165) is 40.3 Å². The van der Waals surface area contributed by atoms with E-state index in [1.807, 2.05) is 30.3 Å². The van der Waals surface area contributed by atoms with Crippen LogP contribution in [0.1, 0.15) is 48.6 Å². The van der Waals surface area contributed by atoms with Crippen molar-refractivity contribution in [2.24, 2.45) is 0 Å². The molecule has 3 N–H and O–H groups in total. The first-order valence-electron chi connectivity index (χ1n) is 12.5. The largest absolute Gasteiger partial charge is 0.380 e. The molecule has 0 radical (unpaired) electrons. The minimum Gasteiger partial charge on any atom is -0.380 e. The third-order valence-electron chi connectivity index (χ3n) is 6.41. The molecule has 200 valence electrons. The summed E-state index contributed by atoms with van der Waals surface area (Å²) in [6.45, 7) is 2.34. The molecule has 0 bridgehead atoms. The van der Waals surface area contributed by atoms with Crippen molar-refractivity contribution in [3.05, 3.63) is 80.8 Å². The molecular formula is C28H34ClFN2O4S. The van der Waals surface area contributed by atoms with Gasteiger partial charge in [-0.25, -0.2) is 4.39 Å². The molecule has 0 saturated carbocycles. The lowest BCUT2D eigenvalue weighted by Gasteiger charge is -2.27. The molecule has 1 aromatic carbocycles. The molecule has 2 aromatic rings. The second-order valence-electron chi connectivity index (χ2n) is 9.09. The number of benzene rings is 1. The van der Waals surface area contributed by atoms with Crippen LogP contribution in [-0.4, -0.2) is 58.3 Å². The van der Waals surface area contributed by atoms with E-state index >= 15 is 0 Å². The van der Waals surface area contributed by atoms with Gasteiger partial charge in [-0.2, -0.15) is 0 Å². The molecule has 0 aliphatic carbocycles. The molecule has 2 amide bonds. The Kier molecular flexibility index (Phi) is 11.3. The van der Waals surface area contributed by atoms with E-state index in [0.29, 0.717) is 19.4 Å². The van der Waals surface area contributed by atoms with Gasteiger partial charge in [-0.05, 0) is 67.7 Å². The lowest BCUT2D eigenvalue weighted by Crippen LogP contribution is -2.52. The van der Waals surface area contributed by atoms with Crippen LogP contribution in [-0.2, 0) is 22.4 Å². The summed E-state index contributed by atoms with van der Waals surface area (Å²) in [5, 5.41) is 26.1. The summed E-state index contributed by atoms with van der Waals surface area (Å²) in [4.78, 5) is 27.8. The first kappa shape index (κ1) is 29.0. The molecule has 2 heterocycles. The lowest BCUT2D eigenvalue weighted by atomic mass is 10.1. The minimum absolute atomic E-state index is 0.152. The highest BCUT2D eigenvalue weighted by atomic mass is 35.5. The van der Waals surface area contributed by atoms with Gasteiger partial charge in [-0.1, -0.05) is 48.0 Å². The van der Waals surface area contributed by atoms with Crippen molar-refractivity contribution in [1.29, 1.82) is 0 Å². The predicted molar refractivity (Wildman–Crippen MR) is 145 cm³/mol. The maximum atomic E-state index is 13.2. The van der Waals surface area contributed by atoms with E-state index in [1.54, 1.807) is 24.3 Å². The number of carbonyl (C=O) groups is 2. The molecule has 0 spiro atoms. The van der Waals surface area contributed by atoms with Gasteiger partial charge in [0.05, 0.1) is 5.83 Å². The number of nitrogens with one attached hydrogen (secondary N) is 1. The zero-order valence-electron chi connectivity index (χ0n) is 20.9. The molecular weight excluding hydrogens is 515 g/mol. The summed E-state index contributed by atoms with van der Waals surface area (Å²) in [5.41, 5.74) is 2.17. The van der Waals surface area contributed by atoms with Gasteiger partial charge < -0.3 is 20.4 Å². The maximum absolute atomic E-state index is 13.2. The molecule has 37 heavy (non-hydrogen) atoms. The average Bonchev–Trinajstić information content (AvgIpc) is 3.55. The van der Waals surface area contributed by atoms with Gasteiger partial charge in [-0.3, -0.25) is 9.59 Å². The van der Waals surface area contributed by atoms with Gasteiger partial charge in [0.25, 0.3) is 11.8 Å². The first-order chi connectivity index (χ1) is 17.8. The number of thiophene rings is 1. The number of nitrogens with zero attached hydrogens (tertiary/aromatic N) is 1. The van der Waals surface area contributed by atoms with Crippen LogP contribution in [0.3, 0.4) is 0 Å². The summed E-state index contributed by atoms with van der Waals surface area (Å²) >= 11 is 7.81. The molecule has 1 aromatic heterocycles. The highest BCUT2D eigenvalue weighted by molar-refractivity contribution is 7.10. The second-order valence-corrected chi connectivity index (χ2v) is 10.5. The fraction of sp³-hybridized carbons (Fsp3) is 0.429. The number of halogens is 2. The van der Waals surface area contributed by atoms with Crippen LogP contribution in [0.15, 0.2) is 59.8 Å². The number of aliphatic hydroxyl groups excluding tert-OH is 2. The molecule has 9 heteroatoms. The van der Waals surface area contributed by atoms with Crippen molar-refractivity contribution in [2.75, 3.05) is 13.1 Å². The summed E-state index contributed by atoms with van der Waals surface area (Å²) in [5.74, 6) is -1.68. The highest BCUT2D eigenvalue weighted by Crippen LogP contribution is 2.24. The van der Waals surface area contributed by atoms with Crippen LogP contribution in [0.2, 0.25) is 5.02 Å². The monoisotopic (exact) mass is 548 g/mol. The lowest BCUT2D eigenvalue weighted by molar-refractivity contribution is -0.153. The molecule has 1 fully saturated rings. The Morgan fingerprint density at radius 3 is 2.81 bits per heavy atom. The predicted octanol–water partition coefficient (Wildman–Crippen LogP) is 4.57. The third kappa shape index (κ3) is 8.50. The molecule has 1 aliphatic heterocycles. The van der Waals surface area contributed by atoms with Gasteiger partial charge in [0.15, 0.2) is 12.2 Å². The molecule has 6 nitrogen and oxygen atoms in total. The van der Waals surface area contributed by atoms with Gasteiger partial charge in [0.2, 0.25) is 0 Å². The Labute approximate surface area is 226 Å². The Bertz CT molecular complexity index is 1120. The Hall–Kier alpha value is -2.52. The van der Waals surface area contributed by atoms with Crippen LogP contribution >= 0.6 is 22.9 Å². The van der Waals surface area contributed by atoms with Crippen LogP contribution < -0.4 is 5.32 Å². The smallest absolute Gasteiger partial charge is 0.254 e. The van der Waals surface area contributed by atoms with E-state index in [-0.39, 0.29) is 24.8 Å². The zero-order valence-corrected chi connectivity index (χ0v) is 22.5. The quantitative estimate of drug-likeness (QED) is 0.339. The Balaban J connectivity index is 1.44. The van der Waals surface area contributed by atoms with Crippen LogP contribution in [0, 0.1) is 0 Å². The summed E-state index contributed by atoms with van der Waals surface area (Å²) < 4.78 is 13.2. The Morgan fingerprint density at radius 2 is 2.05 bits per heavy atom. The first-order valence-corrected chi connectivity index (χ1v) is 13.8. The summed E-state index contributed by atoms with van der Waals surface area (Å²) in [6.07, 6.45) is 4.75. The van der Waals surface area contributed by atoms with Crippen molar-refractivity contribution in [1.82, 2.24) is 10.2 Å². The number of rotatable bonds is 12. The number of hydrogen-bond acceptors (Lipinski definition) is 5. The topological polar surface area (TPSA) is 89.9 Å². The van der Waals surface area contributed by atoms with E-state index in [4.69, 9.17) is 11.6 Å². The molecule has 1 saturated heterocycles. The van der Waals surface area contributed by atoms with Crippen LogP contribution in [0.25, 0.3) is 0 Å². The number of allylic oxidation sites excluding steroid dienone is 3. The van der Waals surface area contributed by atoms with E-state index in [2.05, 4.69) is 16.8 Å². The van der Waals surface area contributed by atoms with Crippen molar-refractivity contribution in [2.45, 2.75) is 63.7 Å². The third-order valence-corrected chi connectivity index (χ3v) is 7.83. The van der Waals surface area contributed by atoms with Gasteiger partial charge >= 0.3 is 0 Å². The SMILES string of the molecule is C/C=C(/F)C/C=C\CC1CCCN1C(=O)[C@H](O)[C@@H](O)C(=O)NCCc1cc(Cc2ccccc2Cl)cs1. The van der Waals surface area contributed by atoms with Crippen molar-refractivity contribution < 1.29 is 24.2 Å². The van der Waals surface area contributed by atoms with Gasteiger partial charge in [0, 0.05) is 35.5 Å². The van der Waals surface area contributed by atoms with Crippen LogP contribution in [0.5, 0.6) is 0 Å². The van der Waals surface area contributed by atoms with E-state index < -0.39 is 24.0 Å². The molecule has 1 unspecified atom stereocenters. The van der Waals surface area contributed by atoms with Gasteiger partial charge in [0.1, 0.15) is 0 Å². The molecule has 3 rings (SSSR count). The number of carbonyl (C=O) groups excluding carboxylic acids is 2. The van der Waals surface area contributed by atoms with E-state index in [1.165, 1.54) is 11.0 Å². The minimum atomic E-state index is -1.85. The van der Waals surface area contributed by atoms with Crippen molar-refractivity contribution >= 4 is 34.8 Å². The zero-order chi connectivity index (χ0) is 26.8. The normalized spacial score (nSPS) is 17.8. The number of hydrogen-bond donors (Lipinski definition) is 3. The van der Waals surface area contributed by atoms with Crippen molar-refractivity contribution in [3.63, 3.8) is 0 Å². The van der Waals surface area contributed by atoms with Gasteiger partial charge in [-0.15, -0.1) is 11.3 Å². The summed E-state index contributed by atoms with van der Waals surface area (Å²) in [6, 6.07) is 9.60. The number of aliphatic hydroxyl groups is 2. The average molecular weight is 549 g/mol. The summed E-state index contributed by atoms with van der Waals surface area (Å²) in [7, 11) is 0. The fourth-order valence-electron chi connectivity index (χ4n) is 4.31. The van der Waals surface area contributed by atoms with E-state index in [9.17, 15) is 24.2 Å². The second kappa shape index (κ2) is 14.4. The fourth-order valence-corrected chi connectivity index (χ4v) is 5.41. The number of likely N-dealkylation sites (tertiary alicyclic amines) is 1. The number of amides is 2. The highest BCUT2D eigenvalue weighted by Gasteiger charge is 2.37. The van der Waals surface area contributed by atoms with Crippen molar-refractivity contribution in [3.8, 4) is 0 Å². The maximum Gasteiger partial charge on any atom is 0.254 e. The van der Waals surface area contributed by atoms with Crippen LogP contribution in [0.4, 0.5) is 4.39 Å².